The first-order chi connectivity index (χ1) is 20.6. The second kappa shape index (κ2) is 16.3. The quantitative estimate of drug-likeness (QED) is 0.104. The molecule has 0 aliphatic heterocycles. The predicted molar refractivity (Wildman–Crippen MR) is 172 cm³/mol. The van der Waals surface area contributed by atoms with Gasteiger partial charge in [0.15, 0.2) is 5.17 Å². The third kappa shape index (κ3) is 12.7. The smallest absolute Gasteiger partial charge is 0.454 e. The monoisotopic (exact) mass is 628 g/mol. The average molecular weight is 629 g/mol. The highest BCUT2D eigenvalue weighted by molar-refractivity contribution is 8.13. The van der Waals surface area contributed by atoms with Crippen molar-refractivity contribution >= 4 is 52.7 Å². The number of carbonyl (C=O) groups excluding carboxylic acids is 1. The summed E-state index contributed by atoms with van der Waals surface area (Å²) in [4.78, 5) is 23.9. The number of thioether (sulfide) groups is 1. The van der Waals surface area contributed by atoms with Gasteiger partial charge < -0.3 is 26.4 Å². The van der Waals surface area contributed by atoms with Crippen molar-refractivity contribution < 1.29 is 27.4 Å². The Morgan fingerprint density at radius 2 is 1.55 bits per heavy atom. The largest absolute Gasteiger partial charge is 0.573 e. The Kier molecular flexibility index (Phi) is 13.1. The number of aliphatic imine (C=N–C) groups is 3. The number of nitrogens with two attached hydrogens (primary N) is 2. The normalized spacial score (nSPS) is 12.4. The highest BCUT2D eigenvalue weighted by Crippen LogP contribution is 2.25. The highest BCUT2D eigenvalue weighted by Gasteiger charge is 2.31. The molecule has 3 aromatic rings. The first-order valence-corrected chi connectivity index (χ1v) is 14.1. The summed E-state index contributed by atoms with van der Waals surface area (Å²) in [5.41, 5.74) is 16.0. The van der Waals surface area contributed by atoms with Crippen LogP contribution in [0.5, 0.6) is 5.75 Å². The van der Waals surface area contributed by atoms with Crippen molar-refractivity contribution in [2.45, 2.75) is 41.0 Å². The summed E-state index contributed by atoms with van der Waals surface area (Å²) >= 11 is 1.22. The molecule has 0 aliphatic rings. The van der Waals surface area contributed by atoms with Gasteiger partial charge in [-0.05, 0) is 87.3 Å². The molecule has 5 N–H and O–H groups in total. The minimum Gasteiger partial charge on any atom is -0.454 e. The van der Waals surface area contributed by atoms with E-state index < -0.39 is 11.8 Å². The Bertz CT molecular complexity index is 1480. The second-order valence-electron chi connectivity index (χ2n) is 10.2. The lowest BCUT2D eigenvalue weighted by molar-refractivity contribution is -0.274. The predicted octanol–water partition coefficient (Wildman–Crippen LogP) is 7.18. The summed E-state index contributed by atoms with van der Waals surface area (Å²) in [6.45, 7) is 9.42. The fourth-order valence-corrected chi connectivity index (χ4v) is 3.64. The highest BCUT2D eigenvalue weighted by atomic mass is 32.2. The van der Waals surface area contributed by atoms with Crippen molar-refractivity contribution in [2.75, 3.05) is 5.94 Å². The zero-order chi connectivity index (χ0) is 32.9. The van der Waals surface area contributed by atoms with Crippen LogP contribution in [0.4, 0.5) is 24.5 Å². The second-order valence-corrected chi connectivity index (χ2v) is 11.1. The van der Waals surface area contributed by atoms with Gasteiger partial charge in [0.25, 0.3) is 0 Å². The molecule has 0 saturated heterocycles. The topological polar surface area (TPSA) is 148 Å². The number of para-hydroxylation sites is 1. The van der Waals surface area contributed by atoms with Gasteiger partial charge in [-0.1, -0.05) is 42.5 Å². The van der Waals surface area contributed by atoms with Crippen LogP contribution in [0.2, 0.25) is 0 Å². The molecule has 0 aliphatic carbocycles. The Morgan fingerprint density at radius 3 is 2.07 bits per heavy atom. The number of aryl methyl sites for hydroxylation is 2. The lowest BCUT2D eigenvalue weighted by atomic mass is 9.98. The zero-order valence-corrected chi connectivity index (χ0v) is 25.8. The summed E-state index contributed by atoms with van der Waals surface area (Å²) in [5.74, 6) is -0.163. The Morgan fingerprint density at radius 1 is 0.955 bits per heavy atom. The standard InChI is InChI=1S/C16H13F3N4O.C15H22N2O2S/c17-16(18,19)24-14-7-5-13(6-8-14)22-10-23-15(21)12-3-1-11(9-20)2-4-12;1-10-7-6-8-11(2)12(10)17-14(16)20-9-19-13(18)15(3,4)5/h1-10,20H,(H2,21,22,23);6-8H,9H2,1-5H3,(H2,16,17). The molecule has 0 atom stereocenters. The van der Waals surface area contributed by atoms with E-state index in [1.165, 1.54) is 36.4 Å². The van der Waals surface area contributed by atoms with Gasteiger partial charge in [0.1, 0.15) is 23.9 Å². The number of halogens is 3. The van der Waals surface area contributed by atoms with Crippen LogP contribution in [0.3, 0.4) is 0 Å². The molecular formula is C31H35F3N6O3S. The van der Waals surface area contributed by atoms with Gasteiger partial charge in [0.05, 0.1) is 16.8 Å². The number of esters is 1. The first-order valence-electron chi connectivity index (χ1n) is 13.1. The number of benzene rings is 3. The van der Waals surface area contributed by atoms with Crippen LogP contribution in [0.15, 0.2) is 81.7 Å². The molecule has 0 amide bonds. The number of nitrogens with zero attached hydrogens (tertiary/aromatic N) is 3. The maximum absolute atomic E-state index is 12.0. The first kappa shape index (κ1) is 35.5. The van der Waals surface area contributed by atoms with E-state index in [4.69, 9.17) is 21.6 Å². The molecule has 9 nitrogen and oxygen atoms in total. The van der Waals surface area contributed by atoms with E-state index in [2.05, 4.69) is 19.7 Å². The van der Waals surface area contributed by atoms with E-state index in [1.807, 2.05) is 52.8 Å². The van der Waals surface area contributed by atoms with E-state index in [-0.39, 0.29) is 23.5 Å². The van der Waals surface area contributed by atoms with Gasteiger partial charge in [-0.25, -0.2) is 15.0 Å². The van der Waals surface area contributed by atoms with Crippen molar-refractivity contribution in [3.8, 4) is 5.75 Å². The molecule has 0 bridgehead atoms. The van der Waals surface area contributed by atoms with Crippen LogP contribution >= 0.6 is 11.8 Å². The molecule has 0 aromatic heterocycles. The van der Waals surface area contributed by atoms with Crippen LogP contribution in [-0.4, -0.2) is 41.8 Å². The van der Waals surface area contributed by atoms with Gasteiger partial charge in [-0.15, -0.1) is 13.2 Å². The maximum Gasteiger partial charge on any atom is 0.573 e. The fraction of sp³-hybridized carbons (Fsp3) is 0.258. The average Bonchev–Trinajstić information content (AvgIpc) is 2.95. The summed E-state index contributed by atoms with van der Waals surface area (Å²) in [6.07, 6.45) is -2.30. The third-order valence-corrected chi connectivity index (χ3v) is 6.14. The molecule has 3 aromatic carbocycles. The van der Waals surface area contributed by atoms with Gasteiger partial charge in [0, 0.05) is 11.8 Å². The molecule has 0 unspecified atom stereocenters. The molecule has 13 heteroatoms. The van der Waals surface area contributed by atoms with Crippen LogP contribution in [0.25, 0.3) is 0 Å². The van der Waals surface area contributed by atoms with Crippen molar-refractivity contribution in [3.63, 3.8) is 0 Å². The van der Waals surface area contributed by atoms with Crippen LogP contribution < -0.4 is 16.2 Å². The maximum atomic E-state index is 12.0. The third-order valence-electron chi connectivity index (χ3n) is 5.52. The lowest BCUT2D eigenvalue weighted by Gasteiger charge is -2.16. The Hall–Kier alpha value is -4.65. The van der Waals surface area contributed by atoms with Gasteiger partial charge >= 0.3 is 12.3 Å². The molecule has 0 heterocycles. The lowest BCUT2D eigenvalue weighted by Crippen LogP contribution is -2.23. The number of hydrogen-bond acceptors (Lipinski definition) is 7. The minimum absolute atomic E-state index is 0.177. The number of carbonyl (C=O) groups is 1. The number of hydrogen-bond donors (Lipinski definition) is 3. The zero-order valence-electron chi connectivity index (χ0n) is 25.0. The Balaban J connectivity index is 0.000000312. The van der Waals surface area contributed by atoms with Crippen molar-refractivity contribution in [2.24, 2.45) is 31.9 Å². The number of nitrogens with one attached hydrogen (secondary N) is 1. The molecular weight excluding hydrogens is 593 g/mol. The molecule has 44 heavy (non-hydrogen) atoms. The van der Waals surface area contributed by atoms with E-state index in [9.17, 15) is 18.0 Å². The number of ether oxygens (including phenoxy) is 2. The summed E-state index contributed by atoms with van der Waals surface area (Å²) in [5, 5.41) is 7.50. The number of rotatable bonds is 8. The molecule has 0 spiro atoms. The van der Waals surface area contributed by atoms with Crippen LogP contribution in [0.1, 0.15) is 43.0 Å². The number of alkyl halides is 3. The van der Waals surface area contributed by atoms with Crippen LogP contribution in [-0.2, 0) is 9.53 Å². The van der Waals surface area contributed by atoms with Crippen LogP contribution in [0, 0.1) is 24.7 Å². The molecule has 234 valence electrons. The molecule has 0 saturated carbocycles. The summed E-state index contributed by atoms with van der Waals surface area (Å²) < 4.78 is 45.0. The van der Waals surface area contributed by atoms with Gasteiger partial charge in [-0.3, -0.25) is 4.79 Å². The Labute approximate surface area is 258 Å². The van der Waals surface area contributed by atoms with Gasteiger partial charge in [-0.2, -0.15) is 0 Å². The minimum atomic E-state index is -4.73. The van der Waals surface area contributed by atoms with Crippen molar-refractivity contribution in [3.05, 3.63) is 89.0 Å². The van der Waals surface area contributed by atoms with Crippen molar-refractivity contribution in [1.82, 2.24) is 0 Å². The summed E-state index contributed by atoms with van der Waals surface area (Å²) in [6, 6.07) is 17.9. The van der Waals surface area contributed by atoms with Crippen molar-refractivity contribution in [1.29, 1.82) is 5.41 Å². The summed E-state index contributed by atoms with van der Waals surface area (Å²) in [7, 11) is 0. The van der Waals surface area contributed by atoms with E-state index in [0.717, 1.165) is 34.5 Å². The van der Waals surface area contributed by atoms with Gasteiger partial charge in [0.2, 0.25) is 0 Å². The number of amidine groups is 2. The molecule has 0 fully saturated rings. The fourth-order valence-electron chi connectivity index (χ4n) is 3.20. The van der Waals surface area contributed by atoms with E-state index >= 15 is 0 Å². The SMILES string of the molecule is Cc1cccc(C)c1N=C(N)SCOC(=O)C(C)(C)C.N=Cc1ccc(C(N)=NC=Nc2ccc(OC(F)(F)F)cc2)cc1. The molecule has 3 rings (SSSR count). The van der Waals surface area contributed by atoms with E-state index in [1.54, 1.807) is 24.3 Å². The molecule has 0 radical (unpaired) electrons. The van der Waals surface area contributed by atoms with E-state index in [0.29, 0.717) is 16.4 Å².